The van der Waals surface area contributed by atoms with Crippen molar-refractivity contribution in [1.82, 2.24) is 40.5 Å². The highest BCUT2D eigenvalue weighted by molar-refractivity contribution is 6.02. The monoisotopic (exact) mass is 746 g/mol. The van der Waals surface area contributed by atoms with Gasteiger partial charge in [0.25, 0.3) is 11.8 Å². The number of nitrogens with zero attached hydrogens (tertiary/aromatic N) is 4. The minimum atomic E-state index is -0.543. The first-order valence-corrected chi connectivity index (χ1v) is 19.4. The first-order valence-electron chi connectivity index (χ1n) is 19.4. The molecular weight excluding hydrogens is 711 g/mol. The molecule has 4 N–H and O–H groups in total. The number of carbonyl (C=O) groups excluding carboxylic acids is 2. The predicted octanol–water partition coefficient (Wildman–Crippen LogP) is 6.03. The number of hydrogen-bond acceptors (Lipinski definition) is 6. The molecule has 1 saturated carbocycles. The number of aromatic amines is 2. The molecule has 3 aliphatic heterocycles. The summed E-state index contributed by atoms with van der Waals surface area (Å²) in [5.74, 6) is -0.845. The van der Waals surface area contributed by atoms with Crippen LogP contribution in [0.25, 0.3) is 45.0 Å². The molecule has 12 heteroatoms. The van der Waals surface area contributed by atoms with Crippen LogP contribution in [-0.2, 0) is 31.1 Å². The molecule has 8 heterocycles. The number of aryl methyl sites for hydroxylation is 1. The summed E-state index contributed by atoms with van der Waals surface area (Å²) in [6.45, 7) is 2.79. The lowest BCUT2D eigenvalue weighted by molar-refractivity contribution is 0.0466. The van der Waals surface area contributed by atoms with Crippen molar-refractivity contribution in [1.29, 1.82) is 0 Å². The number of fused-ring (bicyclic) bond motifs is 11. The lowest BCUT2D eigenvalue weighted by Gasteiger charge is -2.53. The molecule has 1 saturated heterocycles. The van der Waals surface area contributed by atoms with Gasteiger partial charge >= 0.3 is 0 Å². The number of H-pyrrole nitrogens is 2. The van der Waals surface area contributed by atoms with E-state index in [1.54, 1.807) is 18.2 Å². The second kappa shape index (κ2) is 11.3. The van der Waals surface area contributed by atoms with E-state index in [2.05, 4.69) is 41.5 Å². The van der Waals surface area contributed by atoms with Crippen molar-refractivity contribution >= 4 is 11.8 Å². The van der Waals surface area contributed by atoms with Crippen LogP contribution in [0.2, 0.25) is 0 Å². The number of halogens is 2. The molecule has 10 nitrogen and oxygen atoms in total. The molecule has 1 unspecified atom stereocenters. The smallest absolute Gasteiger partial charge is 0.253 e. The summed E-state index contributed by atoms with van der Waals surface area (Å²) >= 11 is 0. The van der Waals surface area contributed by atoms with E-state index in [0.717, 1.165) is 125 Å². The number of likely N-dealkylation sites (tertiary alicyclic amines) is 1. The summed E-state index contributed by atoms with van der Waals surface area (Å²) in [6.07, 6.45) is 10.3. The number of hydrogen-bond donors (Lipinski definition) is 4. The highest BCUT2D eigenvalue weighted by Gasteiger charge is 2.53. The molecule has 3 aliphatic carbocycles. The zero-order chi connectivity index (χ0) is 37.5. The zero-order valence-electron chi connectivity index (χ0n) is 30.4. The first kappa shape index (κ1) is 32.3. The highest BCUT2D eigenvalue weighted by Crippen LogP contribution is 2.50. The number of rotatable bonds is 4. The third kappa shape index (κ3) is 4.65. The maximum atomic E-state index is 14.8. The van der Waals surface area contributed by atoms with Crippen LogP contribution in [-0.4, -0.2) is 73.4 Å². The van der Waals surface area contributed by atoms with Gasteiger partial charge in [-0.2, -0.15) is 4.39 Å². The third-order valence-corrected chi connectivity index (χ3v) is 13.3. The molecule has 6 aromatic rings. The summed E-state index contributed by atoms with van der Waals surface area (Å²) in [6, 6.07) is 13.7. The standard InChI is InChI=1S/C44H36F2N8O2/c45-31-4-2-1-3-25(31)33-12-27-22(15-47-33)5-7-26-37-40(52-38(26)27)43(19-50-41(37)55)20-54(21-43)18-24-11-29-36-34(14-44(9-10-44)53-42(36)56)51-39(29)28-13-32(48-17-30(24)28)23-6-8-35(46)49-16-23/h1-4,6,8,12-13,15-17,24,51-52H,5,7,9-11,14,18-21H2,(H,50,55)(H,53,56). The van der Waals surface area contributed by atoms with Crippen molar-refractivity contribution in [3.63, 3.8) is 0 Å². The van der Waals surface area contributed by atoms with Gasteiger partial charge in [0.2, 0.25) is 5.95 Å². The molecule has 1 aromatic carbocycles. The van der Waals surface area contributed by atoms with Crippen LogP contribution in [0, 0.1) is 11.8 Å². The number of aromatic nitrogens is 5. The van der Waals surface area contributed by atoms with Gasteiger partial charge < -0.3 is 25.5 Å². The zero-order valence-corrected chi connectivity index (χ0v) is 30.4. The Kier molecular flexibility index (Phi) is 6.50. The van der Waals surface area contributed by atoms with Gasteiger partial charge in [0.05, 0.1) is 39.3 Å². The van der Waals surface area contributed by atoms with Crippen molar-refractivity contribution in [3.8, 4) is 45.0 Å². The minimum Gasteiger partial charge on any atom is -0.357 e. The van der Waals surface area contributed by atoms with Crippen LogP contribution in [0.4, 0.5) is 8.78 Å². The SMILES string of the molecule is O=C1NC2(CC2)Cc2[nH]c3c(c21)CC(CN1CC2(CNC(=O)c4c2[nH]c2c4CCc4cnc(-c5ccccc5F)cc4-2)C1)c1cnc(-c2ccc(F)nc2)cc1-3. The maximum Gasteiger partial charge on any atom is 0.253 e. The summed E-state index contributed by atoms with van der Waals surface area (Å²) in [5, 5.41) is 6.54. The molecule has 2 fully saturated rings. The van der Waals surface area contributed by atoms with E-state index in [0.29, 0.717) is 29.9 Å². The fourth-order valence-corrected chi connectivity index (χ4v) is 10.4. The maximum absolute atomic E-state index is 14.8. The normalized spacial score (nSPS) is 20.5. The molecule has 0 radical (unpaired) electrons. The fraction of sp³-hybridized carbons (Fsp3) is 0.295. The Labute approximate surface area is 320 Å². The Balaban J connectivity index is 0.879. The number of amides is 2. The van der Waals surface area contributed by atoms with E-state index in [4.69, 9.17) is 4.98 Å². The topological polar surface area (TPSA) is 132 Å². The minimum absolute atomic E-state index is 0.00272. The van der Waals surface area contributed by atoms with Crippen molar-refractivity contribution in [2.45, 2.75) is 55.4 Å². The van der Waals surface area contributed by atoms with E-state index >= 15 is 0 Å². The van der Waals surface area contributed by atoms with Crippen molar-refractivity contribution in [2.24, 2.45) is 0 Å². The Morgan fingerprint density at radius 2 is 1.62 bits per heavy atom. The van der Waals surface area contributed by atoms with Gasteiger partial charge in [-0.05, 0) is 90.8 Å². The molecule has 1 atom stereocenters. The quantitative estimate of drug-likeness (QED) is 0.163. The fourth-order valence-electron chi connectivity index (χ4n) is 10.4. The Morgan fingerprint density at radius 3 is 2.45 bits per heavy atom. The van der Waals surface area contributed by atoms with Crippen molar-refractivity contribution < 1.29 is 18.4 Å². The molecule has 2 amide bonds. The van der Waals surface area contributed by atoms with Crippen molar-refractivity contribution in [2.75, 3.05) is 26.2 Å². The van der Waals surface area contributed by atoms with Crippen LogP contribution >= 0.6 is 0 Å². The molecule has 12 rings (SSSR count). The summed E-state index contributed by atoms with van der Waals surface area (Å²) < 4.78 is 28.6. The summed E-state index contributed by atoms with van der Waals surface area (Å²) in [4.78, 5) is 50.5. The van der Waals surface area contributed by atoms with E-state index in [-0.39, 0.29) is 34.5 Å². The number of carbonyl (C=O) groups is 2. The number of nitrogens with one attached hydrogen (secondary N) is 4. The van der Waals surface area contributed by atoms with Gasteiger partial charge in [0, 0.05) is 96.3 Å². The van der Waals surface area contributed by atoms with Crippen LogP contribution in [0.1, 0.15) is 73.1 Å². The second-order valence-electron chi connectivity index (χ2n) is 16.7. The Morgan fingerprint density at radius 1 is 0.804 bits per heavy atom. The molecule has 56 heavy (non-hydrogen) atoms. The average Bonchev–Trinajstić information content (AvgIpc) is 3.62. The molecule has 5 aromatic heterocycles. The van der Waals surface area contributed by atoms with Gasteiger partial charge in [-0.1, -0.05) is 12.1 Å². The average molecular weight is 747 g/mol. The molecule has 0 bridgehead atoms. The van der Waals surface area contributed by atoms with Crippen LogP contribution in [0.5, 0.6) is 0 Å². The van der Waals surface area contributed by atoms with Crippen molar-refractivity contribution in [3.05, 3.63) is 124 Å². The largest absolute Gasteiger partial charge is 0.357 e. The Bertz CT molecular complexity index is 2710. The second-order valence-corrected chi connectivity index (χ2v) is 16.7. The van der Waals surface area contributed by atoms with Gasteiger partial charge in [0.15, 0.2) is 0 Å². The number of benzene rings is 1. The Hall–Kier alpha value is -6.01. The van der Waals surface area contributed by atoms with Gasteiger partial charge in [0.1, 0.15) is 5.82 Å². The molecular formula is C44H36F2N8O2. The molecule has 2 spiro atoms. The van der Waals surface area contributed by atoms with E-state index in [1.165, 1.54) is 18.3 Å². The summed E-state index contributed by atoms with van der Waals surface area (Å²) in [7, 11) is 0. The van der Waals surface area contributed by atoms with Gasteiger partial charge in [-0.15, -0.1) is 0 Å². The lowest BCUT2D eigenvalue weighted by Crippen LogP contribution is -2.66. The van der Waals surface area contributed by atoms with E-state index in [9.17, 15) is 18.4 Å². The lowest BCUT2D eigenvalue weighted by atomic mass is 9.71. The highest BCUT2D eigenvalue weighted by atomic mass is 19.1. The summed E-state index contributed by atoms with van der Waals surface area (Å²) in [5.41, 5.74) is 13.7. The number of pyridine rings is 3. The van der Waals surface area contributed by atoms with Crippen LogP contribution < -0.4 is 10.6 Å². The van der Waals surface area contributed by atoms with E-state index < -0.39 is 5.95 Å². The van der Waals surface area contributed by atoms with Crippen LogP contribution in [0.15, 0.2) is 67.1 Å². The predicted molar refractivity (Wildman–Crippen MR) is 204 cm³/mol. The first-order chi connectivity index (χ1) is 27.2. The molecule has 278 valence electrons. The van der Waals surface area contributed by atoms with Gasteiger partial charge in [-0.25, -0.2) is 9.37 Å². The van der Waals surface area contributed by atoms with E-state index in [1.807, 2.05) is 24.5 Å². The third-order valence-electron chi connectivity index (χ3n) is 13.3. The van der Waals surface area contributed by atoms with Crippen LogP contribution in [0.3, 0.4) is 0 Å². The molecule has 6 aliphatic rings. The van der Waals surface area contributed by atoms with Gasteiger partial charge in [-0.3, -0.25) is 19.6 Å².